The average Bonchev–Trinajstić information content (AvgIpc) is 3.39. The summed E-state index contributed by atoms with van der Waals surface area (Å²) < 4.78 is 0. The molecule has 3 aromatic rings. The molecule has 0 aliphatic carbocycles. The van der Waals surface area contributed by atoms with Crippen LogP contribution in [0.1, 0.15) is 34.1 Å². The van der Waals surface area contributed by atoms with Gasteiger partial charge in [0.2, 0.25) is 0 Å². The quantitative estimate of drug-likeness (QED) is 0.725. The molecule has 1 atom stereocenters. The van der Waals surface area contributed by atoms with Crippen LogP contribution in [0.15, 0.2) is 28.3 Å². The molecule has 10 heteroatoms. The molecule has 140 valence electrons. The van der Waals surface area contributed by atoms with Gasteiger partial charge in [-0.05, 0) is 6.07 Å². The zero-order chi connectivity index (χ0) is 18.8. The van der Waals surface area contributed by atoms with Crippen LogP contribution < -0.4 is 4.90 Å². The summed E-state index contributed by atoms with van der Waals surface area (Å²) in [7, 11) is 1.90. The topological polar surface area (TPSA) is 90.4 Å². The van der Waals surface area contributed by atoms with Crippen LogP contribution in [0.2, 0.25) is 0 Å². The number of aromatic nitrogens is 4. The molecule has 1 amide bonds. The minimum atomic E-state index is -0.0800. The van der Waals surface area contributed by atoms with E-state index in [9.17, 15) is 4.79 Å². The number of amides is 1. The van der Waals surface area contributed by atoms with E-state index < -0.39 is 0 Å². The second kappa shape index (κ2) is 7.57. The minimum Gasteiger partial charge on any atom is -0.349 e. The summed E-state index contributed by atoms with van der Waals surface area (Å²) in [6.45, 7) is 2.67. The summed E-state index contributed by atoms with van der Waals surface area (Å²) in [4.78, 5) is 24.8. The first-order chi connectivity index (χ1) is 13.1. The Morgan fingerprint density at radius 1 is 1.37 bits per heavy atom. The Morgan fingerprint density at radius 3 is 3.00 bits per heavy atom. The number of anilines is 1. The highest BCUT2D eigenvalue weighted by Crippen LogP contribution is 2.33. The van der Waals surface area contributed by atoms with Gasteiger partial charge in [-0.1, -0.05) is 6.92 Å². The van der Waals surface area contributed by atoms with Crippen LogP contribution in [-0.2, 0) is 17.8 Å². The van der Waals surface area contributed by atoms with E-state index in [1.807, 2.05) is 29.6 Å². The van der Waals surface area contributed by atoms with Crippen molar-refractivity contribution >= 4 is 40.6 Å². The average molecular weight is 402 g/mol. The number of H-pyrrole nitrogens is 1. The Labute approximate surface area is 164 Å². The molecule has 1 aliphatic heterocycles. The molecule has 1 unspecified atom stereocenters. The highest BCUT2D eigenvalue weighted by Gasteiger charge is 2.25. The van der Waals surface area contributed by atoms with E-state index in [1.165, 1.54) is 16.3 Å². The third-order valence-corrected chi connectivity index (χ3v) is 6.11. The first kappa shape index (κ1) is 17.8. The first-order valence-electron chi connectivity index (χ1n) is 8.51. The van der Waals surface area contributed by atoms with E-state index in [-0.39, 0.29) is 18.4 Å². The molecule has 0 radical (unpaired) electrons. The number of carbonyl (C=O) groups excluding carboxylic acids is 1. The zero-order valence-electron chi connectivity index (χ0n) is 15.0. The maximum Gasteiger partial charge on any atom is 0.262 e. The monoisotopic (exact) mass is 401 g/mol. The van der Waals surface area contributed by atoms with Crippen molar-refractivity contribution in [3.05, 3.63) is 44.4 Å². The molecule has 4 rings (SSSR count). The Balaban J connectivity index is 1.60. The van der Waals surface area contributed by atoms with Crippen LogP contribution in [-0.4, -0.2) is 50.9 Å². The van der Waals surface area contributed by atoms with Gasteiger partial charge < -0.3 is 4.90 Å². The van der Waals surface area contributed by atoms with Crippen LogP contribution in [0.3, 0.4) is 0 Å². The molecule has 8 nitrogen and oxygen atoms in total. The number of carbonyl (C=O) groups is 1. The molecular formula is C17H19N7OS2. The van der Waals surface area contributed by atoms with Crippen LogP contribution in [0.5, 0.6) is 0 Å². The molecule has 0 aromatic carbocycles. The lowest BCUT2D eigenvalue weighted by molar-refractivity contribution is -0.130. The number of nitrogens with zero attached hydrogens (tertiary/aromatic N) is 6. The van der Waals surface area contributed by atoms with Gasteiger partial charge in [-0.25, -0.2) is 15.0 Å². The second-order valence-electron chi connectivity index (χ2n) is 6.38. The van der Waals surface area contributed by atoms with E-state index in [1.54, 1.807) is 23.0 Å². The Hall–Kier alpha value is -2.59. The number of hydrogen-bond acceptors (Lipinski definition) is 8. The lowest BCUT2D eigenvalue weighted by atomic mass is 10.1. The van der Waals surface area contributed by atoms with E-state index in [4.69, 9.17) is 4.98 Å². The van der Waals surface area contributed by atoms with Crippen molar-refractivity contribution in [1.29, 1.82) is 0 Å². The van der Waals surface area contributed by atoms with Gasteiger partial charge in [-0.2, -0.15) is 10.2 Å². The highest BCUT2D eigenvalue weighted by molar-refractivity contribution is 7.12. The fourth-order valence-corrected chi connectivity index (χ4v) is 4.52. The van der Waals surface area contributed by atoms with Gasteiger partial charge in [-0.3, -0.25) is 9.89 Å². The van der Waals surface area contributed by atoms with Crippen LogP contribution in [0.25, 0.3) is 0 Å². The van der Waals surface area contributed by atoms with Gasteiger partial charge in [0.25, 0.3) is 5.91 Å². The van der Waals surface area contributed by atoms with Crippen molar-refractivity contribution < 1.29 is 4.79 Å². The maximum absolute atomic E-state index is 12.7. The molecule has 27 heavy (non-hydrogen) atoms. The molecule has 3 aromatic heterocycles. The summed E-state index contributed by atoms with van der Waals surface area (Å²) >= 11 is 3.16. The summed E-state index contributed by atoms with van der Waals surface area (Å²) in [6.07, 6.45) is 4.29. The molecule has 0 saturated carbocycles. The maximum atomic E-state index is 12.7. The van der Waals surface area contributed by atoms with E-state index in [2.05, 4.69) is 27.2 Å². The van der Waals surface area contributed by atoms with E-state index in [0.29, 0.717) is 13.0 Å². The number of hydrazone groups is 1. The van der Waals surface area contributed by atoms with Crippen LogP contribution >= 0.6 is 22.7 Å². The van der Waals surface area contributed by atoms with Crippen molar-refractivity contribution in [3.63, 3.8) is 0 Å². The van der Waals surface area contributed by atoms with E-state index >= 15 is 0 Å². The summed E-state index contributed by atoms with van der Waals surface area (Å²) in [5, 5.41) is 15.9. The molecule has 1 N–H and O–H groups in total. The van der Waals surface area contributed by atoms with Gasteiger partial charge in [0, 0.05) is 37.2 Å². The molecular weight excluding hydrogens is 382 g/mol. The summed E-state index contributed by atoms with van der Waals surface area (Å²) in [5.41, 5.74) is 3.55. The number of hydrogen-bond donors (Lipinski definition) is 1. The smallest absolute Gasteiger partial charge is 0.262 e. The lowest BCUT2D eigenvalue weighted by Crippen LogP contribution is -2.35. The predicted octanol–water partition coefficient (Wildman–Crippen LogP) is 2.48. The van der Waals surface area contributed by atoms with Gasteiger partial charge in [-0.15, -0.1) is 22.7 Å². The van der Waals surface area contributed by atoms with Crippen molar-refractivity contribution in [1.82, 2.24) is 25.2 Å². The molecule has 0 bridgehead atoms. The first-order valence-corrected chi connectivity index (χ1v) is 10.3. The van der Waals surface area contributed by atoms with Gasteiger partial charge >= 0.3 is 0 Å². The number of fused-ring (bicyclic) bond motifs is 1. The molecule has 1 aliphatic rings. The number of likely N-dealkylation sites (N-methyl/N-ethyl adjacent to an activating group) is 1. The molecule has 0 fully saturated rings. The summed E-state index contributed by atoms with van der Waals surface area (Å²) in [5.74, 6) is 0.814. The van der Waals surface area contributed by atoms with Gasteiger partial charge in [0.15, 0.2) is 0 Å². The van der Waals surface area contributed by atoms with Crippen LogP contribution in [0, 0.1) is 0 Å². The molecule has 0 spiro atoms. The lowest BCUT2D eigenvalue weighted by Gasteiger charge is -2.20. The van der Waals surface area contributed by atoms with E-state index in [0.717, 1.165) is 27.1 Å². The fourth-order valence-electron chi connectivity index (χ4n) is 2.83. The minimum absolute atomic E-state index is 0.0525. The van der Waals surface area contributed by atoms with Crippen molar-refractivity contribution in [2.75, 3.05) is 18.5 Å². The summed E-state index contributed by atoms with van der Waals surface area (Å²) in [6, 6.07) is 1.94. The number of nitrogens with one attached hydrogen (secondary N) is 1. The van der Waals surface area contributed by atoms with Crippen LogP contribution in [0.4, 0.5) is 5.82 Å². The third kappa shape index (κ3) is 3.91. The number of aromatic amines is 1. The Morgan fingerprint density at radius 2 is 2.26 bits per heavy atom. The van der Waals surface area contributed by atoms with Crippen molar-refractivity contribution in [2.45, 2.75) is 25.8 Å². The third-order valence-electron chi connectivity index (χ3n) is 4.23. The SMILES string of the molecule is CC1/C=N\N(Cc2cscn2)C(=O)CN(C)c2nc(Cc3cc[nH]n3)sc21. The highest BCUT2D eigenvalue weighted by atomic mass is 32.1. The standard InChI is InChI=1S/C17H19N7OS2/c1-11-6-20-24(7-13-9-26-10-18-13)15(25)8-23(2)17-16(11)27-14(21-17)5-12-3-4-19-22-12/h3-4,6,9-11H,5,7-8H2,1-2H3,(H,19,22)/b20-6-. The largest absolute Gasteiger partial charge is 0.349 e. The van der Waals surface area contributed by atoms with Crippen molar-refractivity contribution in [3.8, 4) is 0 Å². The van der Waals surface area contributed by atoms with Gasteiger partial charge in [0.1, 0.15) is 10.8 Å². The van der Waals surface area contributed by atoms with Gasteiger partial charge in [0.05, 0.1) is 34.9 Å². The van der Waals surface area contributed by atoms with Crippen molar-refractivity contribution in [2.24, 2.45) is 5.10 Å². The fraction of sp³-hybridized carbons (Fsp3) is 0.353. The Bertz CT molecular complexity index is 933. The second-order valence-corrected chi connectivity index (χ2v) is 8.21. The number of thiazole rings is 2. The normalized spacial score (nSPS) is 18.7. The number of rotatable bonds is 4. The predicted molar refractivity (Wildman–Crippen MR) is 106 cm³/mol. The molecule has 4 heterocycles. The molecule has 0 saturated heterocycles. The Kier molecular flexibility index (Phi) is 4.99. The zero-order valence-corrected chi connectivity index (χ0v) is 16.6.